The summed E-state index contributed by atoms with van der Waals surface area (Å²) in [5.41, 5.74) is 3.45. The number of aryl methyl sites for hydroxylation is 1. The Balaban J connectivity index is 1.83. The number of carboxylic acid groups (broad SMARTS) is 1. The minimum absolute atomic E-state index is 0.238. The van der Waals surface area contributed by atoms with E-state index in [0.717, 1.165) is 41.7 Å². The van der Waals surface area contributed by atoms with Crippen LogP contribution in [0.25, 0.3) is 11.0 Å². The highest BCUT2D eigenvalue weighted by Gasteiger charge is 2.08. The second-order valence-electron chi connectivity index (χ2n) is 4.52. The van der Waals surface area contributed by atoms with Crippen molar-refractivity contribution in [1.29, 1.82) is 0 Å². The maximum Gasteiger partial charge on any atom is 0.303 e. The van der Waals surface area contributed by atoms with Gasteiger partial charge in [-0.3, -0.25) is 4.79 Å². The molecule has 0 bridgehead atoms. The van der Waals surface area contributed by atoms with Crippen molar-refractivity contribution >= 4 is 22.7 Å². The molecule has 0 fully saturated rings. The Hall–Kier alpha value is -2.11. The summed E-state index contributed by atoms with van der Waals surface area (Å²) < 4.78 is 4.75. The van der Waals surface area contributed by atoms with Crippen LogP contribution in [0, 0.1) is 6.92 Å². The van der Waals surface area contributed by atoms with Gasteiger partial charge in [-0.15, -0.1) is 0 Å². The van der Waals surface area contributed by atoms with E-state index in [0.29, 0.717) is 6.42 Å². The van der Waals surface area contributed by atoms with Gasteiger partial charge in [0.1, 0.15) is 5.52 Å². The largest absolute Gasteiger partial charge is 0.481 e. The molecule has 2 aromatic rings. The van der Waals surface area contributed by atoms with E-state index in [4.69, 9.17) is 9.74 Å². The van der Waals surface area contributed by atoms with Crippen molar-refractivity contribution in [2.75, 3.05) is 11.9 Å². The summed E-state index contributed by atoms with van der Waals surface area (Å²) in [6.45, 7) is 2.74. The van der Waals surface area contributed by atoms with Crippen molar-refractivity contribution in [3.8, 4) is 0 Å². The second kappa shape index (κ2) is 6.17. The molecule has 1 aromatic carbocycles. The molecule has 6 heteroatoms. The van der Waals surface area contributed by atoms with Crippen molar-refractivity contribution in [2.45, 2.75) is 32.6 Å². The molecule has 0 saturated heterocycles. The fourth-order valence-corrected chi connectivity index (χ4v) is 1.93. The zero-order valence-corrected chi connectivity index (χ0v) is 10.8. The van der Waals surface area contributed by atoms with Gasteiger partial charge in [0.2, 0.25) is 0 Å². The second-order valence-corrected chi connectivity index (χ2v) is 4.52. The van der Waals surface area contributed by atoms with E-state index in [2.05, 4.69) is 15.6 Å². The zero-order chi connectivity index (χ0) is 13.7. The quantitative estimate of drug-likeness (QED) is 0.746. The highest BCUT2D eigenvalue weighted by atomic mass is 16.6. The Morgan fingerprint density at radius 3 is 2.84 bits per heavy atom. The minimum Gasteiger partial charge on any atom is -0.481 e. The summed E-state index contributed by atoms with van der Waals surface area (Å²) in [7, 11) is 0. The Morgan fingerprint density at radius 1 is 1.26 bits per heavy atom. The van der Waals surface area contributed by atoms with E-state index in [1.54, 1.807) is 0 Å². The number of hydrogen-bond donors (Lipinski definition) is 2. The summed E-state index contributed by atoms with van der Waals surface area (Å²) in [5.74, 6) is -0.734. The van der Waals surface area contributed by atoms with E-state index in [-0.39, 0.29) is 6.42 Å². The third-order valence-electron chi connectivity index (χ3n) is 3.00. The van der Waals surface area contributed by atoms with Gasteiger partial charge in [-0.2, -0.15) is 0 Å². The lowest BCUT2D eigenvalue weighted by Gasteiger charge is -2.06. The van der Waals surface area contributed by atoms with Crippen LogP contribution in [0.5, 0.6) is 0 Å². The fourth-order valence-electron chi connectivity index (χ4n) is 1.93. The molecule has 0 atom stereocenters. The molecule has 0 aliphatic rings. The average molecular weight is 263 g/mol. The number of rotatable bonds is 7. The van der Waals surface area contributed by atoms with E-state index in [1.807, 2.05) is 19.1 Å². The lowest BCUT2D eigenvalue weighted by atomic mass is 10.1. The van der Waals surface area contributed by atoms with Crippen LogP contribution in [0.2, 0.25) is 0 Å². The van der Waals surface area contributed by atoms with Gasteiger partial charge >= 0.3 is 5.97 Å². The number of nitrogens with zero attached hydrogens (tertiary/aromatic N) is 2. The monoisotopic (exact) mass is 263 g/mol. The number of nitrogens with one attached hydrogen (secondary N) is 1. The Labute approximate surface area is 110 Å². The van der Waals surface area contributed by atoms with Crippen LogP contribution in [0.1, 0.15) is 31.2 Å². The van der Waals surface area contributed by atoms with Crippen molar-refractivity contribution in [3.05, 3.63) is 17.7 Å². The molecule has 0 unspecified atom stereocenters. The van der Waals surface area contributed by atoms with Crippen molar-refractivity contribution in [2.24, 2.45) is 0 Å². The molecule has 0 radical (unpaired) electrons. The number of hydrogen-bond acceptors (Lipinski definition) is 5. The van der Waals surface area contributed by atoms with Crippen LogP contribution < -0.4 is 5.32 Å². The van der Waals surface area contributed by atoms with Crippen molar-refractivity contribution in [1.82, 2.24) is 10.3 Å². The van der Waals surface area contributed by atoms with E-state index < -0.39 is 5.97 Å². The molecule has 1 heterocycles. The van der Waals surface area contributed by atoms with Crippen LogP contribution in [-0.4, -0.2) is 27.9 Å². The van der Waals surface area contributed by atoms with Gasteiger partial charge in [-0.05, 0) is 41.7 Å². The van der Waals surface area contributed by atoms with Gasteiger partial charge < -0.3 is 10.4 Å². The molecule has 2 rings (SSSR count). The molecule has 0 saturated carbocycles. The van der Waals surface area contributed by atoms with Crippen LogP contribution in [-0.2, 0) is 4.79 Å². The first-order valence-electron chi connectivity index (χ1n) is 6.36. The van der Waals surface area contributed by atoms with Crippen LogP contribution >= 0.6 is 0 Å². The van der Waals surface area contributed by atoms with E-state index >= 15 is 0 Å². The number of benzene rings is 1. The van der Waals surface area contributed by atoms with Crippen molar-refractivity contribution in [3.63, 3.8) is 0 Å². The molecular formula is C13H17N3O3. The molecule has 6 nitrogen and oxygen atoms in total. The first-order valence-corrected chi connectivity index (χ1v) is 6.36. The molecule has 0 amide bonds. The van der Waals surface area contributed by atoms with Crippen molar-refractivity contribution < 1.29 is 14.5 Å². The van der Waals surface area contributed by atoms with Gasteiger partial charge in [0, 0.05) is 13.0 Å². The number of carboxylic acids is 1. The smallest absolute Gasteiger partial charge is 0.303 e. The average Bonchev–Trinajstić information content (AvgIpc) is 2.86. The van der Waals surface area contributed by atoms with Gasteiger partial charge in [-0.1, -0.05) is 12.5 Å². The maximum absolute atomic E-state index is 10.4. The number of aliphatic carboxylic acids is 1. The number of anilines is 1. The third kappa shape index (κ3) is 3.43. The lowest BCUT2D eigenvalue weighted by molar-refractivity contribution is -0.137. The fraction of sp³-hybridized carbons (Fsp3) is 0.462. The predicted octanol–water partition coefficient (Wildman–Crippen LogP) is 2.59. The first-order chi connectivity index (χ1) is 9.18. The van der Waals surface area contributed by atoms with Crippen LogP contribution in [0.15, 0.2) is 16.8 Å². The zero-order valence-electron chi connectivity index (χ0n) is 10.8. The van der Waals surface area contributed by atoms with E-state index in [9.17, 15) is 4.79 Å². The number of fused-ring (bicyclic) bond motifs is 1. The molecule has 0 spiro atoms. The summed E-state index contributed by atoms with van der Waals surface area (Å²) in [5, 5.41) is 19.6. The first kappa shape index (κ1) is 13.3. The molecule has 1 aromatic heterocycles. The summed E-state index contributed by atoms with van der Waals surface area (Å²) in [6.07, 6.45) is 2.77. The molecule has 0 aliphatic heterocycles. The number of aromatic nitrogens is 2. The van der Waals surface area contributed by atoms with Crippen LogP contribution in [0.3, 0.4) is 0 Å². The maximum atomic E-state index is 10.4. The van der Waals surface area contributed by atoms with Gasteiger partial charge in [0.25, 0.3) is 0 Å². The predicted molar refractivity (Wildman–Crippen MR) is 71.1 cm³/mol. The topological polar surface area (TPSA) is 88.2 Å². The standard InChI is InChI=1S/C13H17N3O3/c1-9-6-7-10(13-12(9)15-19-16-13)14-8-4-2-3-5-11(17)18/h6-7,14H,2-5,8H2,1H3,(H,17,18). The Bertz CT molecular complexity index is 565. The Morgan fingerprint density at radius 2 is 2.05 bits per heavy atom. The van der Waals surface area contributed by atoms with E-state index in [1.165, 1.54) is 0 Å². The molecule has 19 heavy (non-hydrogen) atoms. The van der Waals surface area contributed by atoms with Gasteiger partial charge in [0.05, 0.1) is 5.69 Å². The third-order valence-corrected chi connectivity index (χ3v) is 3.00. The van der Waals surface area contributed by atoms with Gasteiger partial charge in [-0.25, -0.2) is 4.63 Å². The SMILES string of the molecule is Cc1ccc(NCCCCCC(=O)O)c2nonc12. The normalized spacial score (nSPS) is 10.8. The highest BCUT2D eigenvalue weighted by molar-refractivity contribution is 5.89. The van der Waals surface area contributed by atoms with Crippen LogP contribution in [0.4, 0.5) is 5.69 Å². The minimum atomic E-state index is -0.734. The summed E-state index contributed by atoms with van der Waals surface area (Å²) in [6, 6.07) is 3.93. The van der Waals surface area contributed by atoms with Gasteiger partial charge in [0.15, 0.2) is 5.52 Å². The summed E-state index contributed by atoms with van der Waals surface area (Å²) >= 11 is 0. The number of carbonyl (C=O) groups is 1. The highest BCUT2D eigenvalue weighted by Crippen LogP contribution is 2.23. The molecule has 102 valence electrons. The lowest BCUT2D eigenvalue weighted by Crippen LogP contribution is -2.03. The number of unbranched alkanes of at least 4 members (excludes halogenated alkanes) is 2. The molecule has 2 N–H and O–H groups in total. The molecule has 0 aliphatic carbocycles. The summed E-state index contributed by atoms with van der Waals surface area (Å²) in [4.78, 5) is 10.4. The molecular weight excluding hydrogens is 246 g/mol. The Kier molecular flexibility index (Phi) is 4.33.